The van der Waals surface area contributed by atoms with Crippen LogP contribution >= 0.6 is 0 Å². The first-order chi connectivity index (χ1) is 7.00. The molecule has 0 aliphatic heterocycles. The summed E-state index contributed by atoms with van der Waals surface area (Å²) in [7, 11) is -4.02. The molecular weight excluding hydrogens is 220 g/mol. The quantitative estimate of drug-likeness (QED) is 0.568. The van der Waals surface area contributed by atoms with Crippen molar-refractivity contribution in [1.29, 1.82) is 0 Å². The Morgan fingerprint density at radius 2 is 1.87 bits per heavy atom. The number of nitro groups is 1. The van der Waals surface area contributed by atoms with Gasteiger partial charge in [-0.25, -0.2) is 10.1 Å². The van der Waals surface area contributed by atoms with Crippen molar-refractivity contribution in [1.82, 2.24) is 4.41 Å². The van der Waals surface area contributed by atoms with Gasteiger partial charge in [0.2, 0.25) is 0 Å². The van der Waals surface area contributed by atoms with Crippen molar-refractivity contribution in [3.05, 3.63) is 40.4 Å². The van der Waals surface area contributed by atoms with Gasteiger partial charge < -0.3 is 0 Å². The molecule has 0 bridgehead atoms. The molecule has 0 saturated carbocycles. The number of benzene rings is 1. The average Bonchev–Trinajstić information content (AvgIpc) is 2.19. The minimum absolute atomic E-state index is 0.0800. The highest BCUT2D eigenvalue weighted by Crippen LogP contribution is 2.14. The highest BCUT2D eigenvalue weighted by atomic mass is 32.2. The van der Waals surface area contributed by atoms with Crippen LogP contribution in [-0.4, -0.2) is 24.4 Å². The summed E-state index contributed by atoms with van der Waals surface area (Å²) in [6.45, 7) is 1.20. The van der Waals surface area contributed by atoms with E-state index < -0.39 is 15.1 Å². The predicted octanol–water partition coefficient (Wildman–Crippen LogP) is 0.889. The van der Waals surface area contributed by atoms with Gasteiger partial charge in [0.1, 0.15) is 0 Å². The van der Waals surface area contributed by atoms with Crippen LogP contribution in [0, 0.1) is 10.1 Å². The lowest BCUT2D eigenvalue weighted by Crippen LogP contribution is -2.35. The van der Waals surface area contributed by atoms with Gasteiger partial charge in [-0.05, 0) is 23.5 Å². The van der Waals surface area contributed by atoms with Gasteiger partial charge in [0.15, 0.2) is 5.03 Å². The number of rotatable bonds is 4. The summed E-state index contributed by atoms with van der Waals surface area (Å²) >= 11 is 0. The molecule has 7 heteroatoms. The highest BCUT2D eigenvalue weighted by Gasteiger charge is 2.30. The van der Waals surface area contributed by atoms with Gasteiger partial charge >= 0.3 is 10.0 Å². The summed E-state index contributed by atoms with van der Waals surface area (Å²) in [5.74, 6) is 0. The number of sulfonamides is 1. The molecule has 0 amide bonds. The molecule has 0 atom stereocenters. The van der Waals surface area contributed by atoms with E-state index in [1.807, 2.05) is 0 Å². The monoisotopic (exact) mass is 230 g/mol. The zero-order valence-electron chi connectivity index (χ0n) is 8.03. The number of hydrogen-bond donors (Lipinski definition) is 0. The first kappa shape index (κ1) is 11.4. The second-order valence-corrected chi connectivity index (χ2v) is 4.54. The Morgan fingerprint density at radius 3 is 2.27 bits per heavy atom. The van der Waals surface area contributed by atoms with E-state index in [2.05, 4.69) is 0 Å². The molecule has 0 radical (unpaired) electrons. The first-order valence-corrected chi connectivity index (χ1v) is 5.66. The molecule has 0 unspecified atom stereocenters. The van der Waals surface area contributed by atoms with Gasteiger partial charge in [0.25, 0.3) is 0 Å². The van der Waals surface area contributed by atoms with Crippen LogP contribution < -0.4 is 0 Å². The molecule has 0 spiro atoms. The molecule has 0 aliphatic rings. The molecule has 1 rings (SSSR count). The number of hydrogen-bond acceptors (Lipinski definition) is 4. The Labute approximate surface area is 87.3 Å². The molecule has 0 heterocycles. The first-order valence-electron chi connectivity index (χ1n) is 4.22. The van der Waals surface area contributed by atoms with E-state index in [1.54, 1.807) is 6.07 Å². The smallest absolute Gasteiger partial charge is 0.234 e. The summed E-state index contributed by atoms with van der Waals surface area (Å²) in [6.07, 6.45) is 0. The average molecular weight is 230 g/mol. The summed E-state index contributed by atoms with van der Waals surface area (Å²) in [4.78, 5) is 10.4. The molecule has 82 valence electrons. The topological polar surface area (TPSA) is 80.5 Å². The molecule has 1 aromatic rings. The number of hydrazine groups is 1. The Bertz CT molecular complexity index is 443. The third-order valence-corrected chi connectivity index (χ3v) is 3.59. The zero-order chi connectivity index (χ0) is 11.5. The van der Waals surface area contributed by atoms with Crippen molar-refractivity contribution in [2.45, 2.75) is 11.8 Å². The van der Waals surface area contributed by atoms with Crippen LogP contribution in [0.15, 0.2) is 35.2 Å². The Morgan fingerprint density at radius 1 is 1.33 bits per heavy atom. The molecule has 0 N–H and O–H groups in total. The maximum Gasteiger partial charge on any atom is 0.313 e. The zero-order valence-corrected chi connectivity index (χ0v) is 8.85. The van der Waals surface area contributed by atoms with Crippen molar-refractivity contribution in [2.24, 2.45) is 0 Å². The minimum atomic E-state index is -4.02. The van der Waals surface area contributed by atoms with Crippen LogP contribution in [0.1, 0.15) is 6.92 Å². The van der Waals surface area contributed by atoms with Crippen LogP contribution in [0.4, 0.5) is 0 Å². The summed E-state index contributed by atoms with van der Waals surface area (Å²) < 4.78 is 23.6. The maximum atomic E-state index is 11.7. The van der Waals surface area contributed by atoms with Gasteiger partial charge in [0.05, 0.1) is 11.4 Å². The Kier molecular flexibility index (Phi) is 3.25. The van der Waals surface area contributed by atoms with Crippen molar-refractivity contribution >= 4 is 10.0 Å². The normalized spacial score (nSPS) is 11.0. The second-order valence-electron chi connectivity index (χ2n) is 2.69. The lowest BCUT2D eigenvalue weighted by Gasteiger charge is -2.11. The largest absolute Gasteiger partial charge is 0.313 e. The van der Waals surface area contributed by atoms with E-state index in [4.69, 9.17) is 0 Å². The third-order valence-electron chi connectivity index (χ3n) is 1.77. The van der Waals surface area contributed by atoms with Gasteiger partial charge in [-0.1, -0.05) is 18.2 Å². The molecule has 0 aliphatic carbocycles. The molecule has 0 aromatic heterocycles. The maximum absolute atomic E-state index is 11.7. The van der Waals surface area contributed by atoms with Crippen molar-refractivity contribution in [3.63, 3.8) is 0 Å². The fraction of sp³-hybridized carbons (Fsp3) is 0.250. The summed E-state index contributed by atoms with van der Waals surface area (Å²) in [5.41, 5.74) is 0. The summed E-state index contributed by atoms with van der Waals surface area (Å²) in [5, 5.41) is 9.57. The van der Waals surface area contributed by atoms with E-state index in [9.17, 15) is 18.5 Å². The predicted molar refractivity (Wildman–Crippen MR) is 53.0 cm³/mol. The van der Waals surface area contributed by atoms with E-state index in [0.29, 0.717) is 0 Å². The van der Waals surface area contributed by atoms with E-state index in [0.717, 1.165) is 0 Å². The van der Waals surface area contributed by atoms with E-state index in [1.165, 1.54) is 31.2 Å². The van der Waals surface area contributed by atoms with Gasteiger partial charge in [-0.2, -0.15) is 8.42 Å². The lowest BCUT2D eigenvalue weighted by molar-refractivity contribution is -0.619. The third kappa shape index (κ3) is 2.24. The van der Waals surface area contributed by atoms with Crippen LogP contribution in [0.5, 0.6) is 0 Å². The molecule has 0 saturated heterocycles. The highest BCUT2D eigenvalue weighted by molar-refractivity contribution is 7.89. The van der Waals surface area contributed by atoms with Gasteiger partial charge in [-0.15, -0.1) is 0 Å². The van der Waals surface area contributed by atoms with Crippen molar-refractivity contribution < 1.29 is 13.5 Å². The summed E-state index contributed by atoms with van der Waals surface area (Å²) in [6, 6.07) is 7.31. The Balaban J connectivity index is 3.19. The molecule has 1 aromatic carbocycles. The van der Waals surface area contributed by atoms with E-state index in [-0.39, 0.29) is 15.9 Å². The molecule has 6 nitrogen and oxygen atoms in total. The van der Waals surface area contributed by atoms with Crippen LogP contribution in [0.25, 0.3) is 0 Å². The van der Waals surface area contributed by atoms with Gasteiger partial charge in [0, 0.05) is 0 Å². The SMILES string of the molecule is CCN([N+](=O)[O-])S(=O)(=O)c1ccccc1. The minimum Gasteiger partial charge on any atom is -0.234 e. The van der Waals surface area contributed by atoms with Crippen molar-refractivity contribution in [3.8, 4) is 0 Å². The molecule has 15 heavy (non-hydrogen) atoms. The standard InChI is InChI=1S/C8H10N2O4S/c1-2-9(10(11)12)15(13,14)8-6-4-3-5-7-8/h3-7H,2H2,1H3. The van der Waals surface area contributed by atoms with Crippen LogP contribution in [0.3, 0.4) is 0 Å². The van der Waals surface area contributed by atoms with Crippen LogP contribution in [-0.2, 0) is 10.0 Å². The second kappa shape index (κ2) is 4.26. The van der Waals surface area contributed by atoms with Crippen LogP contribution in [0.2, 0.25) is 0 Å². The van der Waals surface area contributed by atoms with Crippen molar-refractivity contribution in [2.75, 3.05) is 6.54 Å². The molecular formula is C8H10N2O4S. The number of nitrogens with zero attached hydrogens (tertiary/aromatic N) is 2. The molecule has 0 fully saturated rings. The fourth-order valence-electron chi connectivity index (χ4n) is 1.09. The van der Waals surface area contributed by atoms with E-state index >= 15 is 0 Å². The lowest BCUT2D eigenvalue weighted by atomic mass is 10.4. The van der Waals surface area contributed by atoms with Gasteiger partial charge in [-0.3, -0.25) is 0 Å². The fourth-order valence-corrected chi connectivity index (χ4v) is 2.35. The Hall–Kier alpha value is -1.63.